The van der Waals surface area contributed by atoms with Gasteiger partial charge in [0.2, 0.25) is 0 Å². The van der Waals surface area contributed by atoms with Gasteiger partial charge in [0, 0.05) is 0 Å². The molecule has 0 fully saturated rings. The fourth-order valence-corrected chi connectivity index (χ4v) is 0. The molecule has 0 atom stereocenters. The molecule has 0 aromatic heterocycles. The second-order valence-corrected chi connectivity index (χ2v) is 58.2. The van der Waals surface area contributed by atoms with E-state index in [-0.39, 0.29) is 4.66 Å². The van der Waals surface area contributed by atoms with Crippen molar-refractivity contribution in [1.29, 1.82) is 0 Å². The van der Waals surface area contributed by atoms with Gasteiger partial charge in [-0.15, -0.1) is 0 Å². The van der Waals surface area contributed by atoms with Gasteiger partial charge in [0.1, 0.15) is 0 Å². The van der Waals surface area contributed by atoms with Crippen LogP contribution in [0.15, 0.2) is 0 Å². The zero-order chi connectivity index (χ0) is 3.58. The molecule has 0 heterocycles. The molecule has 0 aliphatic rings. The van der Waals surface area contributed by atoms with Crippen LogP contribution in [-0.4, -0.2) is 55.4 Å². The molecule has 0 spiro atoms. The quantitative estimate of drug-likeness (QED) is 0.320. The molecule has 0 nitrogen and oxygen atoms in total. The summed E-state index contributed by atoms with van der Waals surface area (Å²) in [6, 6.07) is 0. The summed E-state index contributed by atoms with van der Waals surface area (Å²) in [5.41, 5.74) is 0. The van der Waals surface area contributed by atoms with E-state index >= 15 is 0 Å². The summed E-state index contributed by atoms with van der Waals surface area (Å²) in [5, 5.41) is 0. The average molecular weight is 578 g/mol. The van der Waals surface area contributed by atoms with Crippen LogP contribution in [0.3, 0.4) is 0 Å². The maximum atomic E-state index is 2.27. The van der Waals surface area contributed by atoms with Gasteiger partial charge in [0.05, 0.1) is 0 Å². The van der Waals surface area contributed by atoms with Gasteiger partial charge in [0.25, 0.3) is 0 Å². The van der Waals surface area contributed by atoms with Crippen molar-refractivity contribution in [3.05, 3.63) is 0 Å². The van der Waals surface area contributed by atoms with E-state index in [1.807, 2.05) is 0 Å². The van der Waals surface area contributed by atoms with E-state index in [0.29, 0.717) is 0 Å². The molecule has 0 saturated heterocycles. The van der Waals surface area contributed by atoms with Crippen LogP contribution in [0.5, 0.6) is 0 Å². The van der Waals surface area contributed by atoms with E-state index in [1.165, 1.54) is 0 Å². The Balaban J connectivity index is 4.65. The first-order chi connectivity index (χ1) is 1.73. The summed E-state index contributed by atoms with van der Waals surface area (Å²) in [7, 11) is 0. The van der Waals surface area contributed by atoms with Crippen LogP contribution in [0, 0.1) is 0 Å². The summed E-state index contributed by atoms with van der Waals surface area (Å²) in [6.45, 7) is 0. The van der Waals surface area contributed by atoms with Crippen LogP contribution in [0.1, 0.15) is 0 Å². The van der Waals surface area contributed by atoms with Gasteiger partial charge in [0.15, 0.2) is 0 Å². The molecule has 0 unspecified atom stereocenters. The third kappa shape index (κ3) is 8.91. The molecule has 0 saturated carbocycles. The summed E-state index contributed by atoms with van der Waals surface area (Å²) in [5.74, 6) is 0. The van der Waals surface area contributed by atoms with Gasteiger partial charge in [-0.2, -0.15) is 0 Å². The van der Waals surface area contributed by atoms with Crippen molar-refractivity contribution < 1.29 is 4.66 Å². The molecule has 0 aliphatic carbocycles. The van der Waals surface area contributed by atoms with Gasteiger partial charge >= 0.3 is 60.1 Å². The molecular weight excluding hydrogens is 578 g/mol. The molecule has 0 radical (unpaired) electrons. The first kappa shape index (κ1) is 7.06. The van der Waals surface area contributed by atoms with Gasteiger partial charge in [-0.25, -0.2) is 0 Å². The Kier molecular flexibility index (Phi) is 7.45. The SMILES string of the molecule is [Te]=[Pt](=[Te])=[Te]. The Morgan fingerprint density at radius 1 is 1.00 bits per heavy atom. The van der Waals surface area contributed by atoms with E-state index in [1.54, 1.807) is 0 Å². The molecule has 0 N–H and O–H groups in total. The number of rotatable bonds is 0. The first-order valence-electron chi connectivity index (χ1n) is 0.387. The van der Waals surface area contributed by atoms with Gasteiger partial charge in [-0.3, -0.25) is 0 Å². The zero-order valence-corrected chi connectivity index (χ0v) is 10.8. The molecule has 0 amide bonds. The van der Waals surface area contributed by atoms with E-state index in [9.17, 15) is 0 Å². The van der Waals surface area contributed by atoms with Crippen molar-refractivity contribution in [2.75, 3.05) is 0 Å². The molecular formula is PtTe3. The fraction of sp³-hybridized carbons (Fsp3) is 0. The third-order valence-electron chi connectivity index (χ3n) is 0. The minimum atomic E-state index is -0.239. The van der Waals surface area contributed by atoms with Crippen molar-refractivity contribution in [2.45, 2.75) is 0 Å². The van der Waals surface area contributed by atoms with Crippen molar-refractivity contribution in [3.63, 3.8) is 0 Å². The molecule has 4 heteroatoms. The maximum absolute atomic E-state index is 2.27. The topological polar surface area (TPSA) is 0 Å². The predicted octanol–water partition coefficient (Wildman–Crippen LogP) is -1.14. The van der Waals surface area contributed by atoms with Crippen molar-refractivity contribution >= 4 is 55.4 Å². The van der Waals surface area contributed by atoms with Crippen LogP contribution in [-0.2, 0) is 4.66 Å². The van der Waals surface area contributed by atoms with Crippen LogP contribution < -0.4 is 0 Å². The minimum absolute atomic E-state index is 0.239. The molecule has 0 aromatic carbocycles. The zero-order valence-electron chi connectivity index (χ0n) is 1.54. The van der Waals surface area contributed by atoms with Crippen LogP contribution >= 0.6 is 0 Å². The Bertz CT molecular complexity index is 72.7. The van der Waals surface area contributed by atoms with E-state index in [0.717, 1.165) is 0 Å². The fourth-order valence-electron chi connectivity index (χ4n) is 0. The summed E-state index contributed by atoms with van der Waals surface area (Å²) >= 11 is 6.82. The average Bonchev–Trinajstić information content (AvgIpc) is 0.811. The Morgan fingerprint density at radius 3 is 1.00 bits per heavy atom. The molecule has 0 bridgehead atoms. The summed E-state index contributed by atoms with van der Waals surface area (Å²) in [6.07, 6.45) is 0. The molecule has 0 rings (SSSR count). The number of hydrogen-bond donors (Lipinski definition) is 0. The third-order valence-corrected chi connectivity index (χ3v) is 0. The van der Waals surface area contributed by atoms with Crippen molar-refractivity contribution in [1.82, 2.24) is 0 Å². The molecule has 28 valence electrons. The monoisotopic (exact) mass is 585 g/mol. The van der Waals surface area contributed by atoms with Crippen molar-refractivity contribution in [3.8, 4) is 0 Å². The Labute approximate surface area is 58.3 Å². The van der Waals surface area contributed by atoms with Crippen LogP contribution in [0.2, 0.25) is 0 Å². The second kappa shape index (κ2) is 4.22. The van der Waals surface area contributed by atoms with E-state index < -0.39 is 0 Å². The molecule has 0 aromatic rings. The van der Waals surface area contributed by atoms with E-state index in [4.69, 9.17) is 0 Å². The van der Waals surface area contributed by atoms with Gasteiger partial charge in [-0.1, -0.05) is 0 Å². The standard InChI is InChI=1S/Pt.3Te. The second-order valence-electron chi connectivity index (χ2n) is 0.158. The summed E-state index contributed by atoms with van der Waals surface area (Å²) in [4.78, 5) is 0. The molecule has 0 aliphatic heterocycles. The normalized spacial score (nSPS) is 10.5. The van der Waals surface area contributed by atoms with Gasteiger partial charge < -0.3 is 0 Å². The Hall–Kier alpha value is 3.06. The Morgan fingerprint density at radius 2 is 1.00 bits per heavy atom. The van der Waals surface area contributed by atoms with Crippen LogP contribution in [0.4, 0.5) is 0 Å². The molecule has 4 heavy (non-hydrogen) atoms. The predicted molar refractivity (Wildman–Crippen MR) is 17.3 cm³/mol. The van der Waals surface area contributed by atoms with Crippen LogP contribution in [0.25, 0.3) is 0 Å². The van der Waals surface area contributed by atoms with E-state index in [2.05, 4.69) is 55.4 Å². The summed E-state index contributed by atoms with van der Waals surface area (Å²) < 4.78 is -0.239. The van der Waals surface area contributed by atoms with Gasteiger partial charge in [-0.05, 0) is 0 Å². The van der Waals surface area contributed by atoms with Crippen molar-refractivity contribution in [2.24, 2.45) is 0 Å². The first-order valence-corrected chi connectivity index (χ1v) is 21.3. The number of hydrogen-bond acceptors (Lipinski definition) is 0.